The van der Waals surface area contributed by atoms with Crippen molar-refractivity contribution in [2.24, 2.45) is 0 Å². The van der Waals surface area contributed by atoms with E-state index in [0.717, 1.165) is 0 Å². The summed E-state index contributed by atoms with van der Waals surface area (Å²) >= 11 is 2.72. The van der Waals surface area contributed by atoms with E-state index < -0.39 is 31.6 Å². The fraction of sp³-hybridized carbons (Fsp3) is 0.143. The predicted octanol–water partition coefficient (Wildman–Crippen LogP) is 2.58. The zero-order valence-corrected chi connectivity index (χ0v) is 10.4. The molecule has 1 aromatic heterocycles. The van der Waals surface area contributed by atoms with Gasteiger partial charge in [0, 0.05) is 21.4 Å². The first-order chi connectivity index (χ1) is 7.29. The summed E-state index contributed by atoms with van der Waals surface area (Å²) in [5.74, 6) is 0. The van der Waals surface area contributed by atoms with Crippen LogP contribution in [0, 0.1) is 11.3 Å². The normalized spacial score (nSPS) is 11.5. The van der Waals surface area contributed by atoms with Crippen molar-refractivity contribution in [3.8, 4) is 6.07 Å². The molecule has 0 N–H and O–H groups in total. The van der Waals surface area contributed by atoms with Crippen LogP contribution in [-0.4, -0.2) is 13.4 Å². The number of alkyl halides is 2. The molecule has 0 radical (unpaired) electrons. The Balaban J connectivity index is 3.62. The third kappa shape index (κ3) is 2.48. The van der Waals surface area contributed by atoms with Gasteiger partial charge in [-0.3, -0.25) is 0 Å². The lowest BCUT2D eigenvalue weighted by molar-refractivity contribution is 0.150. The Hall–Kier alpha value is -0.780. The average molecular weight is 332 g/mol. The number of nitriles is 1. The lowest BCUT2D eigenvalue weighted by atomic mass is 10.2. The van der Waals surface area contributed by atoms with Crippen LogP contribution in [0.15, 0.2) is 15.7 Å². The number of aromatic nitrogens is 1. The van der Waals surface area contributed by atoms with E-state index in [1.165, 1.54) is 6.07 Å². The Labute approximate surface area is 102 Å². The van der Waals surface area contributed by atoms with E-state index in [0.29, 0.717) is 6.20 Å². The van der Waals surface area contributed by atoms with E-state index in [9.17, 15) is 17.2 Å². The summed E-state index contributed by atoms with van der Waals surface area (Å²) in [7, 11) is 0.750. The van der Waals surface area contributed by atoms with Crippen LogP contribution in [-0.2, 0) is 9.05 Å². The first-order valence-corrected chi connectivity index (χ1v) is 6.70. The smallest absolute Gasteiger partial charge is 0.242 e. The van der Waals surface area contributed by atoms with Gasteiger partial charge in [0.2, 0.25) is 0 Å². The zero-order chi connectivity index (χ0) is 12.5. The van der Waals surface area contributed by atoms with Gasteiger partial charge in [-0.2, -0.15) is 5.26 Å². The van der Waals surface area contributed by atoms with Crippen LogP contribution in [0.5, 0.6) is 0 Å². The molecule has 0 amide bonds. The van der Waals surface area contributed by atoms with Crippen LogP contribution >= 0.6 is 26.6 Å². The maximum atomic E-state index is 12.4. The molecule has 0 saturated heterocycles. The van der Waals surface area contributed by atoms with Gasteiger partial charge < -0.3 is 0 Å². The lowest BCUT2D eigenvalue weighted by Gasteiger charge is -2.06. The topological polar surface area (TPSA) is 70.8 Å². The molecule has 16 heavy (non-hydrogen) atoms. The Kier molecular flexibility index (Phi) is 3.83. The van der Waals surface area contributed by atoms with Gasteiger partial charge in [-0.1, -0.05) is 0 Å². The third-order valence-corrected chi connectivity index (χ3v) is 3.65. The minimum Gasteiger partial charge on any atom is -0.242 e. The molecule has 0 aliphatic rings. The van der Waals surface area contributed by atoms with Gasteiger partial charge >= 0.3 is 0 Å². The van der Waals surface area contributed by atoms with Gasteiger partial charge in [-0.15, -0.1) is 0 Å². The predicted molar refractivity (Wildman–Crippen MR) is 54.6 cm³/mol. The summed E-state index contributed by atoms with van der Waals surface area (Å²) in [5, 5.41) is 7.94. The molecule has 86 valence electrons. The van der Waals surface area contributed by atoms with Gasteiger partial charge in [0.1, 0.15) is 11.6 Å². The van der Waals surface area contributed by atoms with E-state index >= 15 is 0 Å². The second kappa shape index (κ2) is 4.61. The number of hydrogen-bond donors (Lipinski definition) is 0. The maximum absolute atomic E-state index is 12.4. The monoisotopic (exact) mass is 330 g/mol. The average Bonchev–Trinajstić information content (AvgIpc) is 2.15. The molecular formula is C7H2BrClF2N2O2S. The second-order valence-corrected chi connectivity index (χ2v) is 5.83. The second-order valence-electron chi connectivity index (χ2n) is 2.56. The van der Waals surface area contributed by atoms with E-state index in [1.807, 2.05) is 0 Å². The molecule has 9 heteroatoms. The molecule has 4 nitrogen and oxygen atoms in total. The molecule has 0 unspecified atom stereocenters. The van der Waals surface area contributed by atoms with Crippen molar-refractivity contribution in [1.29, 1.82) is 5.26 Å². The van der Waals surface area contributed by atoms with E-state index in [2.05, 4.69) is 20.9 Å². The highest BCUT2D eigenvalue weighted by Crippen LogP contribution is 2.32. The van der Waals surface area contributed by atoms with Gasteiger partial charge in [0.25, 0.3) is 15.5 Å². The highest BCUT2D eigenvalue weighted by atomic mass is 79.9. The van der Waals surface area contributed by atoms with E-state index in [4.69, 9.17) is 15.9 Å². The number of halogens is 4. The molecule has 0 aliphatic heterocycles. The van der Waals surface area contributed by atoms with Crippen LogP contribution in [0.25, 0.3) is 0 Å². The van der Waals surface area contributed by atoms with Gasteiger partial charge in [0.05, 0.1) is 5.56 Å². The van der Waals surface area contributed by atoms with E-state index in [1.54, 1.807) is 0 Å². The fourth-order valence-corrected chi connectivity index (χ4v) is 2.53. The number of nitrogens with zero attached hydrogens (tertiary/aromatic N) is 2. The van der Waals surface area contributed by atoms with Crippen LogP contribution < -0.4 is 0 Å². The quantitative estimate of drug-likeness (QED) is 0.781. The Morgan fingerprint density at radius 3 is 2.50 bits per heavy atom. The van der Waals surface area contributed by atoms with Crippen LogP contribution in [0.4, 0.5) is 8.78 Å². The highest BCUT2D eigenvalue weighted by molar-refractivity contribution is 9.10. The molecule has 0 aromatic carbocycles. The maximum Gasteiger partial charge on any atom is 0.280 e. The molecule has 1 aromatic rings. The molecule has 0 saturated carbocycles. The SMILES string of the molecule is N#Cc1c(S(=O)(=O)Cl)ncc(C(F)F)c1Br. The van der Waals surface area contributed by atoms with Crippen molar-refractivity contribution in [2.45, 2.75) is 11.5 Å². The van der Waals surface area contributed by atoms with Gasteiger partial charge in [-0.25, -0.2) is 22.2 Å². The molecule has 1 heterocycles. The Bertz CT molecular complexity index is 570. The van der Waals surface area contributed by atoms with E-state index in [-0.39, 0.29) is 4.47 Å². The van der Waals surface area contributed by atoms with Crippen molar-refractivity contribution >= 4 is 35.7 Å². The fourth-order valence-electron chi connectivity index (χ4n) is 0.922. The molecule has 1 rings (SSSR count). The Morgan fingerprint density at radius 2 is 2.12 bits per heavy atom. The summed E-state index contributed by atoms with van der Waals surface area (Å²) in [5.41, 5.74) is -1.10. The highest BCUT2D eigenvalue weighted by Gasteiger charge is 2.24. The summed E-state index contributed by atoms with van der Waals surface area (Å²) in [6, 6.07) is 1.46. The first-order valence-electron chi connectivity index (χ1n) is 3.60. The Morgan fingerprint density at radius 1 is 1.56 bits per heavy atom. The van der Waals surface area contributed by atoms with Crippen molar-refractivity contribution in [1.82, 2.24) is 4.98 Å². The summed E-state index contributed by atoms with van der Waals surface area (Å²) in [4.78, 5) is 3.25. The van der Waals surface area contributed by atoms with Crippen molar-refractivity contribution in [2.75, 3.05) is 0 Å². The third-order valence-electron chi connectivity index (χ3n) is 1.59. The minimum atomic E-state index is -4.25. The van der Waals surface area contributed by atoms with Crippen LogP contribution in [0.3, 0.4) is 0 Å². The number of rotatable bonds is 2. The molecule has 0 atom stereocenters. The van der Waals surface area contributed by atoms with Gasteiger partial charge in [0.15, 0.2) is 5.03 Å². The number of hydrogen-bond acceptors (Lipinski definition) is 4. The van der Waals surface area contributed by atoms with Crippen molar-refractivity contribution < 1.29 is 17.2 Å². The standard InChI is InChI=1S/C7H2BrClF2N2O2S/c8-5-3(1-12)7(16(9,14)15)13-2-4(5)6(10)11/h2,6H. The summed E-state index contributed by atoms with van der Waals surface area (Å²) < 4.78 is 46.5. The lowest BCUT2D eigenvalue weighted by Crippen LogP contribution is -2.03. The minimum absolute atomic E-state index is 0.320. The van der Waals surface area contributed by atoms with Crippen molar-refractivity contribution in [3.63, 3.8) is 0 Å². The van der Waals surface area contributed by atoms with Crippen molar-refractivity contribution in [3.05, 3.63) is 21.8 Å². The molecular weight excluding hydrogens is 330 g/mol. The summed E-state index contributed by atoms with van der Waals surface area (Å²) in [6.45, 7) is 0. The van der Waals surface area contributed by atoms with Gasteiger partial charge in [-0.05, 0) is 15.9 Å². The molecule has 0 fully saturated rings. The van der Waals surface area contributed by atoms with Crippen LogP contribution in [0.1, 0.15) is 17.6 Å². The first kappa shape index (κ1) is 13.3. The summed E-state index contributed by atoms with van der Waals surface area (Å²) in [6.07, 6.45) is -2.22. The number of pyridine rings is 1. The van der Waals surface area contributed by atoms with Crippen LogP contribution in [0.2, 0.25) is 0 Å². The largest absolute Gasteiger partial charge is 0.280 e. The molecule has 0 aliphatic carbocycles. The molecule has 0 bridgehead atoms. The molecule has 0 spiro atoms. The zero-order valence-electron chi connectivity index (χ0n) is 7.29.